The largest absolute Gasteiger partial charge is 0.454 e. The van der Waals surface area contributed by atoms with Crippen LogP contribution in [-0.2, 0) is 17.9 Å². The summed E-state index contributed by atoms with van der Waals surface area (Å²) in [6, 6.07) is 7.37. The highest BCUT2D eigenvalue weighted by atomic mass is 16.7. The molecule has 3 rings (SSSR count). The molecule has 0 bridgehead atoms. The van der Waals surface area contributed by atoms with E-state index in [4.69, 9.17) is 9.47 Å². The molecular weight excluding hydrogens is 308 g/mol. The number of carbonyl (C=O) groups is 1. The van der Waals surface area contributed by atoms with Crippen molar-refractivity contribution in [2.45, 2.75) is 20.0 Å². The normalized spacial score (nSPS) is 12.8. The molecule has 0 saturated heterocycles. The lowest BCUT2D eigenvalue weighted by molar-refractivity contribution is -0.117. The van der Waals surface area contributed by atoms with Gasteiger partial charge in [-0.1, -0.05) is 6.07 Å². The van der Waals surface area contributed by atoms with Gasteiger partial charge in [0, 0.05) is 24.8 Å². The first-order chi connectivity index (χ1) is 11.7. The summed E-state index contributed by atoms with van der Waals surface area (Å²) < 4.78 is 12.3. The smallest absolute Gasteiger partial charge is 0.262 e. The van der Waals surface area contributed by atoms with Gasteiger partial charge in [0.1, 0.15) is 11.6 Å². The van der Waals surface area contributed by atoms with Gasteiger partial charge in [-0.3, -0.25) is 9.48 Å². The van der Waals surface area contributed by atoms with Crippen LogP contribution in [0.25, 0.3) is 6.08 Å². The number of benzene rings is 1. The van der Waals surface area contributed by atoms with E-state index in [1.807, 2.05) is 25.1 Å². The first-order valence-corrected chi connectivity index (χ1v) is 7.50. The van der Waals surface area contributed by atoms with Crippen LogP contribution in [0, 0.1) is 11.3 Å². The lowest BCUT2D eigenvalue weighted by Crippen LogP contribution is -2.23. The van der Waals surface area contributed by atoms with E-state index in [2.05, 4.69) is 10.4 Å². The van der Waals surface area contributed by atoms with Crippen LogP contribution in [0.3, 0.4) is 0 Å². The number of aromatic nitrogens is 2. The van der Waals surface area contributed by atoms with Crippen LogP contribution in [0.2, 0.25) is 0 Å². The number of aryl methyl sites for hydroxylation is 1. The Morgan fingerprint density at radius 2 is 2.29 bits per heavy atom. The number of hydrogen-bond acceptors (Lipinski definition) is 5. The Morgan fingerprint density at radius 3 is 3.04 bits per heavy atom. The van der Waals surface area contributed by atoms with Crippen molar-refractivity contribution in [3.8, 4) is 17.6 Å². The molecule has 24 heavy (non-hydrogen) atoms. The Hall–Kier alpha value is -3.27. The summed E-state index contributed by atoms with van der Waals surface area (Å²) >= 11 is 0. The Bertz CT molecular complexity index is 833. The summed E-state index contributed by atoms with van der Waals surface area (Å²) in [5.74, 6) is 0.916. The zero-order valence-corrected chi connectivity index (χ0v) is 13.2. The van der Waals surface area contributed by atoms with Gasteiger partial charge in [-0.25, -0.2) is 0 Å². The zero-order valence-electron chi connectivity index (χ0n) is 13.2. The second-order valence-electron chi connectivity index (χ2n) is 5.17. The van der Waals surface area contributed by atoms with E-state index >= 15 is 0 Å². The number of nitriles is 1. The van der Waals surface area contributed by atoms with E-state index in [1.54, 1.807) is 23.1 Å². The Morgan fingerprint density at radius 1 is 1.46 bits per heavy atom. The SMILES string of the molecule is CCn1cc(C=C(C#N)C(=O)NCc2ccc3c(c2)OCO3)cn1. The second-order valence-corrected chi connectivity index (χ2v) is 5.17. The van der Waals surface area contributed by atoms with Crippen molar-refractivity contribution in [3.05, 3.63) is 47.3 Å². The van der Waals surface area contributed by atoms with Crippen molar-refractivity contribution in [2.75, 3.05) is 6.79 Å². The minimum atomic E-state index is -0.431. The van der Waals surface area contributed by atoms with Crippen LogP contribution in [0.5, 0.6) is 11.5 Å². The molecule has 7 heteroatoms. The van der Waals surface area contributed by atoms with Crippen LogP contribution in [0.4, 0.5) is 0 Å². The maximum Gasteiger partial charge on any atom is 0.262 e. The fraction of sp³-hybridized carbons (Fsp3) is 0.235. The van der Waals surface area contributed by atoms with Gasteiger partial charge >= 0.3 is 0 Å². The maximum absolute atomic E-state index is 12.2. The number of nitrogens with zero attached hydrogens (tertiary/aromatic N) is 3. The van der Waals surface area contributed by atoms with Gasteiger partial charge < -0.3 is 14.8 Å². The van der Waals surface area contributed by atoms with Crippen molar-refractivity contribution in [1.82, 2.24) is 15.1 Å². The summed E-state index contributed by atoms with van der Waals surface area (Å²) in [4.78, 5) is 12.2. The molecule has 1 amide bonds. The Labute approximate surface area is 139 Å². The third-order valence-corrected chi connectivity index (χ3v) is 3.54. The highest BCUT2D eigenvalue weighted by Crippen LogP contribution is 2.32. The summed E-state index contributed by atoms with van der Waals surface area (Å²) in [5, 5.41) is 16.0. The molecule has 0 unspecified atom stereocenters. The summed E-state index contributed by atoms with van der Waals surface area (Å²) in [7, 11) is 0. The van der Waals surface area contributed by atoms with Crippen molar-refractivity contribution in [2.24, 2.45) is 0 Å². The number of carbonyl (C=O) groups excluding carboxylic acids is 1. The predicted octanol–water partition coefficient (Wildman–Crippen LogP) is 1.86. The molecule has 1 aliphatic rings. The van der Waals surface area contributed by atoms with E-state index in [-0.39, 0.29) is 12.4 Å². The monoisotopic (exact) mass is 324 g/mol. The van der Waals surface area contributed by atoms with Crippen LogP contribution in [0.15, 0.2) is 36.2 Å². The van der Waals surface area contributed by atoms with Crippen molar-refractivity contribution >= 4 is 12.0 Å². The van der Waals surface area contributed by atoms with Gasteiger partial charge in [0.25, 0.3) is 5.91 Å². The average molecular weight is 324 g/mol. The lowest BCUT2D eigenvalue weighted by atomic mass is 10.1. The van der Waals surface area contributed by atoms with Crippen LogP contribution in [0.1, 0.15) is 18.1 Å². The van der Waals surface area contributed by atoms with Crippen LogP contribution >= 0.6 is 0 Å². The number of nitrogens with one attached hydrogen (secondary N) is 1. The van der Waals surface area contributed by atoms with Gasteiger partial charge in [0.15, 0.2) is 11.5 Å². The first-order valence-electron chi connectivity index (χ1n) is 7.50. The molecule has 0 spiro atoms. The average Bonchev–Trinajstić information content (AvgIpc) is 3.25. The van der Waals surface area contributed by atoms with Crippen molar-refractivity contribution in [3.63, 3.8) is 0 Å². The molecule has 1 aliphatic heterocycles. The van der Waals surface area contributed by atoms with Crippen LogP contribution in [-0.4, -0.2) is 22.5 Å². The highest BCUT2D eigenvalue weighted by Gasteiger charge is 2.14. The van der Waals surface area contributed by atoms with E-state index in [0.717, 1.165) is 12.1 Å². The molecule has 1 aromatic heterocycles. The number of ether oxygens (including phenoxy) is 2. The van der Waals surface area contributed by atoms with Crippen LogP contribution < -0.4 is 14.8 Å². The minimum absolute atomic E-state index is 0.0337. The Balaban J connectivity index is 1.65. The molecule has 1 N–H and O–H groups in total. The molecule has 0 aliphatic carbocycles. The molecule has 2 aromatic rings. The molecular formula is C17H16N4O3. The molecule has 0 atom stereocenters. The van der Waals surface area contributed by atoms with Crippen molar-refractivity contribution < 1.29 is 14.3 Å². The van der Waals surface area contributed by atoms with E-state index in [0.29, 0.717) is 23.6 Å². The van der Waals surface area contributed by atoms with E-state index < -0.39 is 5.91 Å². The quantitative estimate of drug-likeness (QED) is 0.670. The summed E-state index contributed by atoms with van der Waals surface area (Å²) in [5.41, 5.74) is 1.61. The third kappa shape index (κ3) is 3.38. The van der Waals surface area contributed by atoms with Gasteiger partial charge in [-0.2, -0.15) is 10.4 Å². The van der Waals surface area contributed by atoms with Gasteiger partial charge in [-0.15, -0.1) is 0 Å². The number of fused-ring (bicyclic) bond motifs is 1. The van der Waals surface area contributed by atoms with E-state index in [9.17, 15) is 10.1 Å². The third-order valence-electron chi connectivity index (χ3n) is 3.54. The second kappa shape index (κ2) is 6.87. The zero-order chi connectivity index (χ0) is 16.9. The number of amides is 1. The van der Waals surface area contributed by atoms with Gasteiger partial charge in [0.2, 0.25) is 6.79 Å². The van der Waals surface area contributed by atoms with Crippen molar-refractivity contribution in [1.29, 1.82) is 5.26 Å². The molecule has 122 valence electrons. The minimum Gasteiger partial charge on any atom is -0.454 e. The molecule has 7 nitrogen and oxygen atoms in total. The fourth-order valence-corrected chi connectivity index (χ4v) is 2.27. The summed E-state index contributed by atoms with van der Waals surface area (Å²) in [6.07, 6.45) is 4.92. The predicted molar refractivity (Wildman–Crippen MR) is 85.9 cm³/mol. The first kappa shape index (κ1) is 15.6. The number of rotatable bonds is 5. The molecule has 0 fully saturated rings. The standard InChI is InChI=1S/C17H16N4O3/c1-2-21-10-13(9-20-21)5-14(7-18)17(22)19-8-12-3-4-15-16(6-12)24-11-23-15/h3-6,9-10H,2,8,11H2,1H3,(H,19,22). The van der Waals surface area contributed by atoms with Gasteiger partial charge in [-0.05, 0) is 30.7 Å². The topological polar surface area (TPSA) is 89.2 Å². The van der Waals surface area contributed by atoms with Gasteiger partial charge in [0.05, 0.1) is 6.20 Å². The summed E-state index contributed by atoms with van der Waals surface area (Å²) in [6.45, 7) is 3.19. The Kier molecular flexibility index (Phi) is 4.47. The molecule has 2 heterocycles. The maximum atomic E-state index is 12.2. The fourth-order valence-electron chi connectivity index (χ4n) is 2.27. The lowest BCUT2D eigenvalue weighted by Gasteiger charge is -2.05. The number of hydrogen-bond donors (Lipinski definition) is 1. The van der Waals surface area contributed by atoms with E-state index in [1.165, 1.54) is 6.08 Å². The molecule has 0 radical (unpaired) electrons. The molecule has 1 aromatic carbocycles. The molecule has 0 saturated carbocycles. The highest BCUT2D eigenvalue weighted by molar-refractivity contribution is 6.01.